The maximum atomic E-state index is 6.17. The number of benzene rings is 1. The van der Waals surface area contributed by atoms with Gasteiger partial charge in [0.1, 0.15) is 11.9 Å². The lowest BCUT2D eigenvalue weighted by molar-refractivity contribution is 0.189. The Bertz CT molecular complexity index is 508. The van der Waals surface area contributed by atoms with Crippen LogP contribution in [0.25, 0.3) is 10.9 Å². The first-order valence-electron chi connectivity index (χ1n) is 7.06. The summed E-state index contributed by atoms with van der Waals surface area (Å²) < 4.78 is 6.17. The van der Waals surface area contributed by atoms with Gasteiger partial charge in [-0.3, -0.25) is 4.98 Å². The van der Waals surface area contributed by atoms with Gasteiger partial charge in [-0.15, -0.1) is 0 Å². The molecular weight excluding hydrogens is 236 g/mol. The van der Waals surface area contributed by atoms with Crippen LogP contribution in [0.3, 0.4) is 0 Å². The van der Waals surface area contributed by atoms with E-state index in [1.165, 1.54) is 0 Å². The molecule has 0 aliphatic rings. The maximum Gasteiger partial charge on any atom is 0.129 e. The zero-order chi connectivity index (χ0) is 13.5. The molecule has 19 heavy (non-hydrogen) atoms. The van der Waals surface area contributed by atoms with Crippen LogP contribution in [0.2, 0.25) is 0 Å². The Morgan fingerprint density at radius 3 is 2.89 bits per heavy atom. The van der Waals surface area contributed by atoms with E-state index in [4.69, 9.17) is 4.74 Å². The van der Waals surface area contributed by atoms with Crippen LogP contribution in [-0.4, -0.2) is 24.2 Å². The van der Waals surface area contributed by atoms with Crippen molar-refractivity contribution in [2.24, 2.45) is 0 Å². The second kappa shape index (κ2) is 7.10. The highest BCUT2D eigenvalue weighted by molar-refractivity contribution is 5.84. The predicted molar refractivity (Wildman–Crippen MR) is 79.6 cm³/mol. The lowest BCUT2D eigenvalue weighted by Crippen LogP contribution is -2.31. The van der Waals surface area contributed by atoms with Gasteiger partial charge in [0.15, 0.2) is 0 Å². The number of pyridine rings is 1. The summed E-state index contributed by atoms with van der Waals surface area (Å²) in [6.07, 6.45) is 4.22. The molecule has 1 aromatic heterocycles. The van der Waals surface area contributed by atoms with E-state index in [1.807, 2.05) is 30.5 Å². The summed E-state index contributed by atoms with van der Waals surface area (Å²) in [4.78, 5) is 4.36. The van der Waals surface area contributed by atoms with Crippen LogP contribution in [0.15, 0.2) is 36.5 Å². The van der Waals surface area contributed by atoms with Gasteiger partial charge in [-0.05, 0) is 37.2 Å². The van der Waals surface area contributed by atoms with Crippen molar-refractivity contribution < 1.29 is 4.74 Å². The van der Waals surface area contributed by atoms with Crippen LogP contribution in [-0.2, 0) is 0 Å². The molecule has 0 fully saturated rings. The first-order valence-corrected chi connectivity index (χ1v) is 7.06. The SMILES string of the molecule is CCCC(CNCC)Oc1cccc2ncccc12. The summed E-state index contributed by atoms with van der Waals surface area (Å²) >= 11 is 0. The zero-order valence-corrected chi connectivity index (χ0v) is 11.7. The van der Waals surface area contributed by atoms with Crippen LogP contribution < -0.4 is 10.1 Å². The largest absolute Gasteiger partial charge is 0.488 e. The number of likely N-dealkylation sites (N-methyl/N-ethyl adjacent to an activating group) is 1. The first kappa shape index (κ1) is 13.8. The minimum atomic E-state index is 0.218. The normalized spacial score (nSPS) is 12.5. The Morgan fingerprint density at radius 2 is 2.11 bits per heavy atom. The smallest absolute Gasteiger partial charge is 0.129 e. The molecule has 1 unspecified atom stereocenters. The number of fused-ring (bicyclic) bond motifs is 1. The Balaban J connectivity index is 2.18. The molecule has 1 N–H and O–H groups in total. The summed E-state index contributed by atoms with van der Waals surface area (Å²) in [5.74, 6) is 0.932. The summed E-state index contributed by atoms with van der Waals surface area (Å²) in [7, 11) is 0. The van der Waals surface area contributed by atoms with Crippen molar-refractivity contribution in [3.05, 3.63) is 36.5 Å². The first-order chi connectivity index (χ1) is 9.35. The molecule has 1 heterocycles. The lowest BCUT2D eigenvalue weighted by atomic mass is 10.1. The van der Waals surface area contributed by atoms with E-state index in [0.717, 1.165) is 42.6 Å². The van der Waals surface area contributed by atoms with E-state index in [9.17, 15) is 0 Å². The summed E-state index contributed by atoms with van der Waals surface area (Å²) in [6.45, 7) is 6.17. The van der Waals surface area contributed by atoms with E-state index in [1.54, 1.807) is 0 Å². The van der Waals surface area contributed by atoms with Gasteiger partial charge in [0, 0.05) is 18.1 Å². The van der Waals surface area contributed by atoms with Gasteiger partial charge >= 0.3 is 0 Å². The monoisotopic (exact) mass is 258 g/mol. The Morgan fingerprint density at radius 1 is 1.21 bits per heavy atom. The van der Waals surface area contributed by atoms with Crippen LogP contribution in [0.5, 0.6) is 5.75 Å². The highest BCUT2D eigenvalue weighted by Gasteiger charge is 2.11. The maximum absolute atomic E-state index is 6.17. The molecule has 0 saturated heterocycles. The Labute approximate surface area is 115 Å². The van der Waals surface area contributed by atoms with Gasteiger partial charge in [-0.2, -0.15) is 0 Å². The van der Waals surface area contributed by atoms with Crippen molar-refractivity contribution in [3.63, 3.8) is 0 Å². The van der Waals surface area contributed by atoms with Crippen molar-refractivity contribution in [1.82, 2.24) is 10.3 Å². The Hall–Kier alpha value is -1.61. The molecular formula is C16H22N2O. The molecule has 3 heteroatoms. The van der Waals surface area contributed by atoms with Crippen molar-refractivity contribution >= 4 is 10.9 Å². The van der Waals surface area contributed by atoms with E-state index in [0.29, 0.717) is 0 Å². The molecule has 0 spiro atoms. The van der Waals surface area contributed by atoms with Gasteiger partial charge in [0.05, 0.1) is 5.52 Å². The highest BCUT2D eigenvalue weighted by Crippen LogP contribution is 2.25. The molecule has 0 saturated carbocycles. The van der Waals surface area contributed by atoms with Gasteiger partial charge < -0.3 is 10.1 Å². The fourth-order valence-electron chi connectivity index (χ4n) is 2.19. The zero-order valence-electron chi connectivity index (χ0n) is 11.7. The molecule has 0 radical (unpaired) electrons. The quantitative estimate of drug-likeness (QED) is 0.826. The second-order valence-electron chi connectivity index (χ2n) is 4.66. The standard InChI is InChI=1S/C16H22N2O/c1-3-7-13(12-17-4-2)19-16-10-5-9-15-14(16)8-6-11-18-15/h5-6,8-11,13,17H,3-4,7,12H2,1-2H3. The predicted octanol–water partition coefficient (Wildman–Crippen LogP) is 3.39. The van der Waals surface area contributed by atoms with Crippen molar-refractivity contribution in [1.29, 1.82) is 0 Å². The highest BCUT2D eigenvalue weighted by atomic mass is 16.5. The van der Waals surface area contributed by atoms with E-state index in [-0.39, 0.29) is 6.10 Å². The minimum Gasteiger partial charge on any atom is -0.488 e. The fraction of sp³-hybridized carbons (Fsp3) is 0.438. The number of rotatable bonds is 7. The van der Waals surface area contributed by atoms with Gasteiger partial charge in [-0.1, -0.05) is 26.3 Å². The van der Waals surface area contributed by atoms with Crippen molar-refractivity contribution in [2.45, 2.75) is 32.8 Å². The number of nitrogens with zero attached hydrogens (tertiary/aromatic N) is 1. The summed E-state index contributed by atoms with van der Waals surface area (Å²) in [5, 5.41) is 4.45. The molecule has 0 amide bonds. The molecule has 0 bridgehead atoms. The number of ether oxygens (including phenoxy) is 1. The number of aromatic nitrogens is 1. The third-order valence-electron chi connectivity index (χ3n) is 3.13. The second-order valence-corrected chi connectivity index (χ2v) is 4.66. The third-order valence-corrected chi connectivity index (χ3v) is 3.13. The van der Waals surface area contributed by atoms with Crippen LogP contribution in [0.4, 0.5) is 0 Å². The molecule has 1 atom stereocenters. The van der Waals surface area contributed by atoms with Crippen molar-refractivity contribution in [3.8, 4) is 5.75 Å². The van der Waals surface area contributed by atoms with Crippen LogP contribution in [0, 0.1) is 0 Å². The van der Waals surface area contributed by atoms with E-state index < -0.39 is 0 Å². The third kappa shape index (κ3) is 3.67. The average Bonchev–Trinajstić information content (AvgIpc) is 2.45. The summed E-state index contributed by atoms with van der Waals surface area (Å²) in [6, 6.07) is 10.1. The molecule has 102 valence electrons. The number of hydrogen-bond donors (Lipinski definition) is 1. The lowest BCUT2D eigenvalue weighted by Gasteiger charge is -2.20. The van der Waals surface area contributed by atoms with Gasteiger partial charge in [0.25, 0.3) is 0 Å². The number of nitrogens with one attached hydrogen (secondary N) is 1. The number of hydrogen-bond acceptors (Lipinski definition) is 3. The van der Waals surface area contributed by atoms with Crippen molar-refractivity contribution in [2.75, 3.05) is 13.1 Å². The molecule has 3 nitrogen and oxygen atoms in total. The average molecular weight is 258 g/mol. The molecule has 0 aliphatic heterocycles. The molecule has 1 aromatic carbocycles. The molecule has 0 aliphatic carbocycles. The van der Waals surface area contributed by atoms with E-state index in [2.05, 4.69) is 30.2 Å². The van der Waals surface area contributed by atoms with Crippen LogP contribution in [0.1, 0.15) is 26.7 Å². The fourth-order valence-corrected chi connectivity index (χ4v) is 2.19. The van der Waals surface area contributed by atoms with Gasteiger partial charge in [-0.25, -0.2) is 0 Å². The van der Waals surface area contributed by atoms with Gasteiger partial charge in [0.2, 0.25) is 0 Å². The molecule has 2 aromatic rings. The van der Waals surface area contributed by atoms with E-state index >= 15 is 0 Å². The summed E-state index contributed by atoms with van der Waals surface area (Å²) in [5.41, 5.74) is 0.985. The molecule has 2 rings (SSSR count). The van der Waals surface area contributed by atoms with Crippen LogP contribution >= 0.6 is 0 Å². The Kier molecular flexibility index (Phi) is 5.16. The topological polar surface area (TPSA) is 34.1 Å². The minimum absolute atomic E-state index is 0.218.